The number of aromatic nitrogens is 5. The molecule has 18 heteroatoms. The zero-order valence-electron chi connectivity index (χ0n) is 29.3. The minimum absolute atomic E-state index is 0.0206. The van der Waals surface area contributed by atoms with Gasteiger partial charge in [-0.15, -0.1) is 5.10 Å². The van der Waals surface area contributed by atoms with Gasteiger partial charge in [-0.3, -0.25) is 18.1 Å². The average molecular weight is 722 g/mol. The van der Waals surface area contributed by atoms with Crippen LogP contribution in [-0.2, 0) is 51.1 Å². The summed E-state index contributed by atoms with van der Waals surface area (Å²) in [5.74, 6) is 0. The molecule has 4 rings (SSSR count). The fourth-order valence-electron chi connectivity index (χ4n) is 4.77. The lowest BCUT2D eigenvalue weighted by Crippen LogP contribution is -2.42. The van der Waals surface area contributed by atoms with E-state index in [1.54, 1.807) is 53.7 Å². The van der Waals surface area contributed by atoms with E-state index in [0.29, 0.717) is 0 Å². The van der Waals surface area contributed by atoms with Crippen molar-refractivity contribution in [3.63, 3.8) is 0 Å². The monoisotopic (exact) mass is 721 g/mol. The second kappa shape index (κ2) is 15.1. The number of carbonyl (C=O) groups is 2. The van der Waals surface area contributed by atoms with Gasteiger partial charge in [-0.05, 0) is 67.5 Å². The minimum atomic E-state index is -3.98. The molecule has 1 saturated heterocycles. The Kier molecular flexibility index (Phi) is 11.6. The van der Waals surface area contributed by atoms with E-state index in [4.69, 9.17) is 27.9 Å². The first-order valence-electron chi connectivity index (χ1n) is 15.8. The molecular weight excluding hydrogens is 678 g/mol. The third kappa shape index (κ3) is 10.5. The minimum Gasteiger partial charge on any atom is -0.431 e. The summed E-state index contributed by atoms with van der Waals surface area (Å²) in [6.07, 6.45) is -2.24. The van der Waals surface area contributed by atoms with E-state index in [1.165, 1.54) is 40.7 Å². The summed E-state index contributed by atoms with van der Waals surface area (Å²) in [5, 5.41) is 7.98. The molecule has 0 radical (unpaired) electrons. The molecule has 0 saturated carbocycles. The molecule has 50 heavy (non-hydrogen) atoms. The predicted molar refractivity (Wildman–Crippen MR) is 175 cm³/mol. The Morgan fingerprint density at radius 3 is 2.24 bits per heavy atom. The van der Waals surface area contributed by atoms with E-state index in [1.807, 2.05) is 6.92 Å². The normalized spacial score (nSPS) is 18.1. The van der Waals surface area contributed by atoms with Gasteiger partial charge in [0.2, 0.25) is 0 Å². The maximum absolute atomic E-state index is 13.7. The number of carbonyl (C=O) groups excluding carboxylic acids is 2. The van der Waals surface area contributed by atoms with Crippen LogP contribution < -0.4 is 11.2 Å². The molecule has 274 valence electrons. The molecule has 0 amide bonds. The molecule has 2 aromatic heterocycles. The molecule has 0 bridgehead atoms. The van der Waals surface area contributed by atoms with Gasteiger partial charge in [-0.2, -0.15) is 8.42 Å². The van der Waals surface area contributed by atoms with Crippen molar-refractivity contribution in [1.82, 2.24) is 24.1 Å². The van der Waals surface area contributed by atoms with Crippen LogP contribution >= 0.6 is 0 Å². The smallest absolute Gasteiger partial charge is 0.431 e. The number of hydrogen-bond acceptors (Lipinski definition) is 14. The number of benzene rings is 1. The third-order valence-electron chi connectivity index (χ3n) is 7.02. The molecule has 3 atom stereocenters. The molecule has 17 nitrogen and oxygen atoms in total. The Balaban J connectivity index is 1.48. The van der Waals surface area contributed by atoms with Gasteiger partial charge in [0.25, 0.3) is 15.7 Å². The van der Waals surface area contributed by atoms with Crippen LogP contribution in [-0.4, -0.2) is 81.5 Å². The van der Waals surface area contributed by atoms with Crippen LogP contribution in [0.4, 0.5) is 9.59 Å². The second-order valence-corrected chi connectivity index (χ2v) is 15.3. The first kappa shape index (κ1) is 38.3. The van der Waals surface area contributed by atoms with Crippen molar-refractivity contribution in [3.8, 4) is 0 Å². The standard InChI is InChI=1S/C32H43N5O12S/c1-20-9-11-23(12-10-20)50(42,43)45-14-13-35-17-22(33-34-35)18-37-27(38)21(2)16-36(28(37)39)26-15-24(47-30(41)49-32(6,7)8)25(46-26)19-44-29(40)48-31(3,4)5/h9-12,16-17,24-26H,13-15,18-19H2,1-8H3/t24-,25+,26?/m0/s1. The number of rotatable bonds is 11. The van der Waals surface area contributed by atoms with Crippen LogP contribution in [0.5, 0.6) is 0 Å². The fourth-order valence-corrected chi connectivity index (χ4v) is 5.67. The van der Waals surface area contributed by atoms with E-state index in [2.05, 4.69) is 10.3 Å². The van der Waals surface area contributed by atoms with Crippen LogP contribution in [0.2, 0.25) is 0 Å². The van der Waals surface area contributed by atoms with E-state index in [-0.39, 0.29) is 48.9 Å². The lowest BCUT2D eigenvalue weighted by Gasteiger charge is -2.23. The second-order valence-electron chi connectivity index (χ2n) is 13.7. The van der Waals surface area contributed by atoms with Crippen molar-refractivity contribution in [2.45, 2.75) is 109 Å². The average Bonchev–Trinajstić information content (AvgIpc) is 3.60. The quantitative estimate of drug-likeness (QED) is 0.207. The summed E-state index contributed by atoms with van der Waals surface area (Å²) in [4.78, 5) is 51.6. The molecule has 1 unspecified atom stereocenters. The van der Waals surface area contributed by atoms with Crippen molar-refractivity contribution in [3.05, 3.63) is 74.3 Å². The topological polar surface area (TPSA) is 198 Å². The Morgan fingerprint density at radius 2 is 1.60 bits per heavy atom. The molecular formula is C32H43N5O12S. The van der Waals surface area contributed by atoms with E-state index < -0.39 is 63.3 Å². The van der Waals surface area contributed by atoms with Crippen LogP contribution in [0.3, 0.4) is 0 Å². The maximum Gasteiger partial charge on any atom is 0.509 e. The highest BCUT2D eigenvalue weighted by atomic mass is 32.2. The maximum atomic E-state index is 13.7. The molecule has 1 aliphatic rings. The number of nitrogens with zero attached hydrogens (tertiary/aromatic N) is 5. The van der Waals surface area contributed by atoms with E-state index in [9.17, 15) is 27.6 Å². The van der Waals surface area contributed by atoms with Gasteiger partial charge in [0.05, 0.1) is 30.8 Å². The zero-order valence-corrected chi connectivity index (χ0v) is 30.1. The van der Waals surface area contributed by atoms with Gasteiger partial charge in [0, 0.05) is 18.2 Å². The highest BCUT2D eigenvalue weighted by Gasteiger charge is 2.41. The summed E-state index contributed by atoms with van der Waals surface area (Å²) in [6, 6.07) is 6.23. The van der Waals surface area contributed by atoms with Crippen LogP contribution in [0.25, 0.3) is 0 Å². The Labute approximate surface area is 289 Å². The molecule has 0 N–H and O–H groups in total. The number of aryl methyl sites for hydroxylation is 2. The van der Waals surface area contributed by atoms with Gasteiger partial charge in [0.15, 0.2) is 0 Å². The highest BCUT2D eigenvalue weighted by molar-refractivity contribution is 7.86. The highest BCUT2D eigenvalue weighted by Crippen LogP contribution is 2.31. The summed E-state index contributed by atoms with van der Waals surface area (Å²) < 4.78 is 60.8. The Hall–Kier alpha value is -4.55. The van der Waals surface area contributed by atoms with Crippen molar-refractivity contribution < 1.29 is 45.9 Å². The molecule has 0 spiro atoms. The van der Waals surface area contributed by atoms with Gasteiger partial charge < -0.3 is 23.7 Å². The molecule has 3 aromatic rings. The number of hydrogen-bond donors (Lipinski definition) is 0. The largest absolute Gasteiger partial charge is 0.509 e. The van der Waals surface area contributed by atoms with Crippen LogP contribution in [0.15, 0.2) is 51.1 Å². The summed E-state index contributed by atoms with van der Waals surface area (Å²) in [5.41, 5.74) is -1.66. The SMILES string of the molecule is Cc1ccc(S(=O)(=O)OCCn2cc(Cn3c(=O)c(C)cn(C4C[C@H](OC(=O)OC(C)(C)C)[C@@H](COC(=O)OC(C)(C)C)O4)c3=O)nn2)cc1. The van der Waals surface area contributed by atoms with Crippen molar-refractivity contribution in [2.75, 3.05) is 13.2 Å². The lowest BCUT2D eigenvalue weighted by molar-refractivity contribution is -0.0824. The van der Waals surface area contributed by atoms with E-state index >= 15 is 0 Å². The summed E-state index contributed by atoms with van der Waals surface area (Å²) >= 11 is 0. The lowest BCUT2D eigenvalue weighted by atomic mass is 10.2. The van der Waals surface area contributed by atoms with Crippen molar-refractivity contribution >= 4 is 22.4 Å². The van der Waals surface area contributed by atoms with Crippen molar-refractivity contribution in [2.24, 2.45) is 0 Å². The third-order valence-corrected chi connectivity index (χ3v) is 8.35. The van der Waals surface area contributed by atoms with Gasteiger partial charge >= 0.3 is 18.0 Å². The van der Waals surface area contributed by atoms with Crippen molar-refractivity contribution in [1.29, 1.82) is 0 Å². The molecule has 0 aliphatic carbocycles. The van der Waals surface area contributed by atoms with Gasteiger partial charge in [-0.25, -0.2) is 19.1 Å². The fraction of sp³-hybridized carbons (Fsp3) is 0.562. The van der Waals surface area contributed by atoms with Crippen LogP contribution in [0.1, 0.15) is 71.0 Å². The molecule has 1 aliphatic heterocycles. The molecule has 1 fully saturated rings. The summed E-state index contributed by atoms with van der Waals surface area (Å²) in [7, 11) is -3.98. The molecule has 3 heterocycles. The molecule has 1 aromatic carbocycles. The van der Waals surface area contributed by atoms with E-state index in [0.717, 1.165) is 10.1 Å². The van der Waals surface area contributed by atoms with Gasteiger partial charge in [-0.1, -0.05) is 22.9 Å². The first-order chi connectivity index (χ1) is 23.2. The van der Waals surface area contributed by atoms with Crippen LogP contribution in [0, 0.1) is 13.8 Å². The zero-order chi connectivity index (χ0) is 37.0. The Morgan fingerprint density at radius 1 is 0.960 bits per heavy atom. The Bertz CT molecular complexity index is 1900. The number of ether oxygens (including phenoxy) is 5. The predicted octanol–water partition coefficient (Wildman–Crippen LogP) is 3.23. The van der Waals surface area contributed by atoms with Gasteiger partial charge in [0.1, 0.15) is 41.9 Å². The summed E-state index contributed by atoms with van der Waals surface area (Å²) in [6.45, 7) is 12.5. The first-order valence-corrected chi connectivity index (χ1v) is 17.2.